The highest BCUT2D eigenvalue weighted by atomic mass is 35.5. The summed E-state index contributed by atoms with van der Waals surface area (Å²) in [5, 5.41) is 6.29. The maximum Gasteiger partial charge on any atom is 0.237 e. The zero-order valence-electron chi connectivity index (χ0n) is 9.67. The van der Waals surface area contributed by atoms with Crippen molar-refractivity contribution >= 4 is 18.3 Å². The summed E-state index contributed by atoms with van der Waals surface area (Å²) in [4.78, 5) is 11.8. The minimum atomic E-state index is 0. The molecule has 3 nitrogen and oxygen atoms in total. The molecular weight excluding hydrogens is 212 g/mol. The third kappa shape index (κ3) is 2.45. The minimum Gasteiger partial charge on any atom is -0.352 e. The van der Waals surface area contributed by atoms with E-state index in [1.165, 1.54) is 0 Å². The number of carbonyl (C=O) groups is 1. The molecule has 1 aliphatic carbocycles. The molecule has 1 saturated heterocycles. The van der Waals surface area contributed by atoms with Gasteiger partial charge < -0.3 is 10.6 Å². The second-order valence-electron chi connectivity index (χ2n) is 5.58. The van der Waals surface area contributed by atoms with E-state index in [9.17, 15) is 4.79 Å². The zero-order chi connectivity index (χ0) is 10.3. The van der Waals surface area contributed by atoms with Gasteiger partial charge in [-0.3, -0.25) is 4.79 Å². The molecular formula is C11H21ClN2O. The maximum atomic E-state index is 11.8. The number of rotatable bonds is 2. The number of hydrogen-bond acceptors (Lipinski definition) is 2. The molecule has 1 atom stereocenters. The molecule has 1 aliphatic heterocycles. The standard InChI is InChI=1S/C11H20N2O.ClH/c1-7-4-8(5-7)13-10(14)9-11(2,3)6-12-9;/h7-9,12H,4-6H2,1-3H3,(H,13,14);1H. The van der Waals surface area contributed by atoms with Gasteiger partial charge in [-0.2, -0.15) is 0 Å². The van der Waals surface area contributed by atoms with Crippen LogP contribution in [0, 0.1) is 11.3 Å². The van der Waals surface area contributed by atoms with Crippen LogP contribution in [0.4, 0.5) is 0 Å². The van der Waals surface area contributed by atoms with Gasteiger partial charge in [-0.25, -0.2) is 0 Å². The smallest absolute Gasteiger partial charge is 0.237 e. The van der Waals surface area contributed by atoms with E-state index < -0.39 is 0 Å². The van der Waals surface area contributed by atoms with Crippen LogP contribution in [0.5, 0.6) is 0 Å². The van der Waals surface area contributed by atoms with E-state index in [4.69, 9.17) is 0 Å². The van der Waals surface area contributed by atoms with Crippen molar-refractivity contribution in [2.75, 3.05) is 6.54 Å². The number of amides is 1. The molecule has 2 N–H and O–H groups in total. The second kappa shape index (κ2) is 4.30. The molecule has 4 heteroatoms. The van der Waals surface area contributed by atoms with Crippen molar-refractivity contribution in [1.29, 1.82) is 0 Å². The van der Waals surface area contributed by atoms with Gasteiger partial charge in [0.25, 0.3) is 0 Å². The molecule has 0 aromatic carbocycles. The first kappa shape index (κ1) is 12.8. The van der Waals surface area contributed by atoms with Gasteiger partial charge in [0.2, 0.25) is 5.91 Å². The molecule has 0 radical (unpaired) electrons. The number of hydrogen-bond donors (Lipinski definition) is 2. The largest absolute Gasteiger partial charge is 0.352 e. The number of halogens is 1. The first-order valence-electron chi connectivity index (χ1n) is 5.53. The molecule has 2 fully saturated rings. The molecule has 0 spiro atoms. The molecule has 1 amide bonds. The number of carbonyl (C=O) groups excluding carboxylic acids is 1. The average molecular weight is 233 g/mol. The third-order valence-electron chi connectivity index (χ3n) is 3.53. The van der Waals surface area contributed by atoms with Gasteiger partial charge in [-0.05, 0) is 18.8 Å². The topological polar surface area (TPSA) is 41.1 Å². The SMILES string of the molecule is CC1CC(NC(=O)C2NCC2(C)C)C1.Cl. The lowest BCUT2D eigenvalue weighted by Gasteiger charge is -2.45. The molecule has 0 aromatic heterocycles. The van der Waals surface area contributed by atoms with E-state index in [0.717, 1.165) is 25.3 Å². The molecule has 1 heterocycles. The van der Waals surface area contributed by atoms with Crippen molar-refractivity contribution in [3.8, 4) is 0 Å². The van der Waals surface area contributed by atoms with Crippen molar-refractivity contribution in [3.63, 3.8) is 0 Å². The first-order valence-corrected chi connectivity index (χ1v) is 5.53. The molecule has 1 unspecified atom stereocenters. The summed E-state index contributed by atoms with van der Waals surface area (Å²) in [6, 6.07) is 0.467. The fourth-order valence-corrected chi connectivity index (χ4v) is 2.36. The highest BCUT2D eigenvalue weighted by Gasteiger charge is 2.44. The summed E-state index contributed by atoms with van der Waals surface area (Å²) in [6.07, 6.45) is 2.30. The Bertz CT molecular complexity index is 249. The van der Waals surface area contributed by atoms with E-state index in [1.807, 2.05) is 0 Å². The van der Waals surface area contributed by atoms with Crippen LogP contribution in [0.2, 0.25) is 0 Å². The predicted molar refractivity (Wildman–Crippen MR) is 63.1 cm³/mol. The highest BCUT2D eigenvalue weighted by molar-refractivity contribution is 5.85. The van der Waals surface area contributed by atoms with Crippen LogP contribution < -0.4 is 10.6 Å². The molecule has 88 valence electrons. The lowest BCUT2D eigenvalue weighted by atomic mass is 9.76. The van der Waals surface area contributed by atoms with Crippen LogP contribution in [-0.2, 0) is 4.79 Å². The third-order valence-corrected chi connectivity index (χ3v) is 3.53. The molecule has 2 aliphatic rings. The van der Waals surface area contributed by atoms with Crippen LogP contribution in [0.15, 0.2) is 0 Å². The Hall–Kier alpha value is -0.280. The predicted octanol–water partition coefficient (Wildman–Crippen LogP) is 1.32. The van der Waals surface area contributed by atoms with Gasteiger partial charge in [-0.1, -0.05) is 20.8 Å². The van der Waals surface area contributed by atoms with Crippen molar-refractivity contribution < 1.29 is 4.79 Å². The van der Waals surface area contributed by atoms with Gasteiger partial charge in [0.05, 0.1) is 6.04 Å². The Kier molecular flexibility index (Phi) is 3.67. The summed E-state index contributed by atoms with van der Waals surface area (Å²) in [5.41, 5.74) is 0.138. The number of nitrogens with one attached hydrogen (secondary N) is 2. The maximum absolute atomic E-state index is 11.8. The van der Waals surface area contributed by atoms with Gasteiger partial charge >= 0.3 is 0 Å². The lowest BCUT2D eigenvalue weighted by molar-refractivity contribution is -0.130. The summed E-state index contributed by atoms with van der Waals surface area (Å²) in [6.45, 7) is 7.45. The normalized spacial score (nSPS) is 36.9. The van der Waals surface area contributed by atoms with Crippen molar-refractivity contribution in [2.45, 2.75) is 45.7 Å². The zero-order valence-corrected chi connectivity index (χ0v) is 10.5. The highest BCUT2D eigenvalue weighted by Crippen LogP contribution is 2.30. The van der Waals surface area contributed by atoms with Crippen LogP contribution in [0.3, 0.4) is 0 Å². The molecule has 1 saturated carbocycles. The van der Waals surface area contributed by atoms with Crippen molar-refractivity contribution in [1.82, 2.24) is 10.6 Å². The fourth-order valence-electron chi connectivity index (χ4n) is 2.36. The van der Waals surface area contributed by atoms with Crippen LogP contribution >= 0.6 is 12.4 Å². The monoisotopic (exact) mass is 232 g/mol. The lowest BCUT2D eigenvalue weighted by Crippen LogP contribution is -2.67. The molecule has 0 bridgehead atoms. The van der Waals surface area contributed by atoms with Gasteiger partial charge in [0, 0.05) is 18.0 Å². The van der Waals surface area contributed by atoms with Crippen LogP contribution in [0.1, 0.15) is 33.6 Å². The summed E-state index contributed by atoms with van der Waals surface area (Å²) in [7, 11) is 0. The minimum absolute atomic E-state index is 0. The Balaban J connectivity index is 0.00000112. The molecule has 0 aromatic rings. The Labute approximate surface area is 97.8 Å². The van der Waals surface area contributed by atoms with E-state index in [1.54, 1.807) is 0 Å². The van der Waals surface area contributed by atoms with E-state index in [2.05, 4.69) is 31.4 Å². The fraction of sp³-hybridized carbons (Fsp3) is 0.909. The van der Waals surface area contributed by atoms with Gasteiger partial charge in [0.15, 0.2) is 0 Å². The summed E-state index contributed by atoms with van der Waals surface area (Å²) >= 11 is 0. The Morgan fingerprint density at radius 3 is 2.33 bits per heavy atom. The Morgan fingerprint density at radius 1 is 1.40 bits per heavy atom. The summed E-state index contributed by atoms with van der Waals surface area (Å²) in [5.74, 6) is 0.987. The van der Waals surface area contributed by atoms with Crippen molar-refractivity contribution in [3.05, 3.63) is 0 Å². The average Bonchev–Trinajstić information content (AvgIpc) is 1.99. The van der Waals surface area contributed by atoms with Crippen LogP contribution in [-0.4, -0.2) is 24.5 Å². The summed E-state index contributed by atoms with van der Waals surface area (Å²) < 4.78 is 0. The first-order chi connectivity index (χ1) is 6.49. The van der Waals surface area contributed by atoms with Gasteiger partial charge in [0.1, 0.15) is 0 Å². The molecule has 15 heavy (non-hydrogen) atoms. The van der Waals surface area contributed by atoms with E-state index >= 15 is 0 Å². The van der Waals surface area contributed by atoms with E-state index in [0.29, 0.717) is 6.04 Å². The van der Waals surface area contributed by atoms with E-state index in [-0.39, 0.29) is 29.8 Å². The van der Waals surface area contributed by atoms with Crippen molar-refractivity contribution in [2.24, 2.45) is 11.3 Å². The Morgan fingerprint density at radius 2 is 2.00 bits per heavy atom. The quantitative estimate of drug-likeness (QED) is 0.754. The second-order valence-corrected chi connectivity index (χ2v) is 5.58. The molecule has 2 rings (SSSR count). The van der Waals surface area contributed by atoms with Gasteiger partial charge in [-0.15, -0.1) is 12.4 Å². The van der Waals surface area contributed by atoms with Crippen LogP contribution in [0.25, 0.3) is 0 Å².